The maximum absolute atomic E-state index is 13.0. The van der Waals surface area contributed by atoms with Crippen LogP contribution >= 0.6 is 0 Å². The molecule has 1 rings (SSSR count). The van der Waals surface area contributed by atoms with Crippen molar-refractivity contribution in [2.75, 3.05) is 6.61 Å². The van der Waals surface area contributed by atoms with E-state index in [1.165, 1.54) is 6.26 Å². The van der Waals surface area contributed by atoms with Crippen molar-refractivity contribution in [1.82, 2.24) is 0 Å². The quantitative estimate of drug-likeness (QED) is 0.485. The van der Waals surface area contributed by atoms with E-state index in [0.29, 0.717) is 0 Å². The topological polar surface area (TPSA) is 18.5 Å². The van der Waals surface area contributed by atoms with Crippen LogP contribution in [0.25, 0.3) is 0 Å². The average Bonchev–Trinajstić information content (AvgIpc) is 1.96. The number of halogens is 2. The molecule has 0 aromatic carbocycles. The van der Waals surface area contributed by atoms with Crippen LogP contribution in [-0.4, -0.2) is 18.8 Å². The number of alkyl halides is 2. The van der Waals surface area contributed by atoms with E-state index in [1.807, 2.05) is 0 Å². The third kappa shape index (κ3) is 2.44. The van der Waals surface area contributed by atoms with Crippen LogP contribution in [0.2, 0.25) is 0 Å². The molecule has 0 aromatic heterocycles. The molecule has 0 aliphatic carbocycles. The Morgan fingerprint density at radius 1 is 1.75 bits per heavy atom. The van der Waals surface area contributed by atoms with Gasteiger partial charge in [0.25, 0.3) is 0 Å². The summed E-state index contributed by atoms with van der Waals surface area (Å²) in [5, 5.41) is 0. The highest BCUT2D eigenvalue weighted by molar-refractivity contribution is 4.79. The van der Waals surface area contributed by atoms with Crippen LogP contribution in [0.5, 0.6) is 0 Å². The van der Waals surface area contributed by atoms with E-state index in [1.54, 1.807) is 13.0 Å². The molecule has 2 unspecified atom stereocenters. The van der Waals surface area contributed by atoms with Gasteiger partial charge >= 0.3 is 0 Å². The Labute approximate surface area is 70.2 Å². The second-order valence-electron chi connectivity index (χ2n) is 2.71. The van der Waals surface area contributed by atoms with Crippen molar-refractivity contribution in [3.8, 4) is 0 Å². The summed E-state index contributed by atoms with van der Waals surface area (Å²) < 4.78 is 34.2. The zero-order chi connectivity index (χ0) is 9.03. The summed E-state index contributed by atoms with van der Waals surface area (Å²) in [6.45, 7) is 2.01. The molecule has 2 nitrogen and oxygen atoms in total. The summed E-state index contributed by atoms with van der Waals surface area (Å²) in [5.41, 5.74) is 0. The van der Waals surface area contributed by atoms with Gasteiger partial charge in [-0.05, 0) is 6.92 Å². The van der Waals surface area contributed by atoms with Crippen LogP contribution in [-0.2, 0) is 9.47 Å². The molecule has 1 aliphatic heterocycles. The molecule has 4 heteroatoms. The fourth-order valence-corrected chi connectivity index (χ4v) is 0.996. The van der Waals surface area contributed by atoms with Gasteiger partial charge in [0.2, 0.25) is 12.2 Å². The number of ether oxygens (including phenoxy) is 2. The third-order valence-corrected chi connectivity index (χ3v) is 1.63. The van der Waals surface area contributed by atoms with Crippen LogP contribution in [0.15, 0.2) is 12.3 Å². The summed E-state index contributed by atoms with van der Waals surface area (Å²) in [4.78, 5) is 0. The lowest BCUT2D eigenvalue weighted by molar-refractivity contribution is -0.323. The summed E-state index contributed by atoms with van der Waals surface area (Å²) in [5.74, 6) is -1.79. The molecule has 1 aliphatic rings. The Kier molecular flexibility index (Phi) is 3.03. The maximum Gasteiger partial charge on any atom is 0.220 e. The molecule has 1 heterocycles. The van der Waals surface area contributed by atoms with Crippen molar-refractivity contribution in [1.29, 1.82) is 0 Å². The lowest BCUT2D eigenvalue weighted by atomic mass is 10.1. The van der Waals surface area contributed by atoms with Crippen molar-refractivity contribution in [2.45, 2.75) is 32.0 Å². The zero-order valence-corrected chi connectivity index (χ0v) is 6.93. The predicted octanol–water partition coefficient (Wildman–Crippen LogP) is 2.31. The molecular weight excluding hydrogens is 166 g/mol. The lowest BCUT2D eigenvalue weighted by Crippen LogP contribution is -2.45. The first-order valence-corrected chi connectivity index (χ1v) is 3.90. The molecule has 0 amide bonds. The highest BCUT2D eigenvalue weighted by atomic mass is 19.2. The van der Waals surface area contributed by atoms with Gasteiger partial charge in [-0.3, -0.25) is 0 Å². The zero-order valence-electron chi connectivity index (χ0n) is 6.93. The van der Waals surface area contributed by atoms with Gasteiger partial charge in [0.1, 0.15) is 0 Å². The SMILES string of the molecule is CC=COCCC1(F)CC(F)O1. The molecule has 0 radical (unpaired) electrons. The summed E-state index contributed by atoms with van der Waals surface area (Å²) in [6.07, 6.45) is 1.64. The van der Waals surface area contributed by atoms with Crippen molar-refractivity contribution in [3.05, 3.63) is 12.3 Å². The van der Waals surface area contributed by atoms with Gasteiger partial charge < -0.3 is 9.47 Å². The van der Waals surface area contributed by atoms with E-state index >= 15 is 0 Å². The predicted molar refractivity (Wildman–Crippen MR) is 39.8 cm³/mol. The first-order chi connectivity index (χ1) is 5.66. The lowest BCUT2D eigenvalue weighted by Gasteiger charge is -2.36. The highest BCUT2D eigenvalue weighted by Gasteiger charge is 2.46. The summed E-state index contributed by atoms with van der Waals surface area (Å²) in [7, 11) is 0. The number of allylic oxidation sites excluding steroid dienone is 1. The minimum atomic E-state index is -1.79. The van der Waals surface area contributed by atoms with Gasteiger partial charge in [0.05, 0.1) is 19.3 Å². The molecule has 0 spiro atoms. The van der Waals surface area contributed by atoms with Gasteiger partial charge in [-0.15, -0.1) is 0 Å². The third-order valence-electron chi connectivity index (χ3n) is 1.63. The maximum atomic E-state index is 13.0. The average molecular weight is 178 g/mol. The minimum absolute atomic E-state index is 0.0811. The minimum Gasteiger partial charge on any atom is -0.501 e. The van der Waals surface area contributed by atoms with E-state index in [0.717, 1.165) is 0 Å². The Bertz CT molecular complexity index is 164. The molecule has 0 saturated carbocycles. The molecule has 1 saturated heterocycles. The van der Waals surface area contributed by atoms with Crippen molar-refractivity contribution in [2.24, 2.45) is 0 Å². The Balaban J connectivity index is 2.07. The molecule has 12 heavy (non-hydrogen) atoms. The van der Waals surface area contributed by atoms with Crippen LogP contribution in [0.1, 0.15) is 19.8 Å². The van der Waals surface area contributed by atoms with Gasteiger partial charge in [-0.2, -0.15) is 0 Å². The highest BCUT2D eigenvalue weighted by Crippen LogP contribution is 2.37. The van der Waals surface area contributed by atoms with Gasteiger partial charge in [-0.25, -0.2) is 8.78 Å². The monoisotopic (exact) mass is 178 g/mol. The molecule has 0 bridgehead atoms. The molecule has 0 aromatic rings. The van der Waals surface area contributed by atoms with Crippen LogP contribution in [0.3, 0.4) is 0 Å². The largest absolute Gasteiger partial charge is 0.501 e. The molecule has 70 valence electrons. The van der Waals surface area contributed by atoms with Gasteiger partial charge in [0.15, 0.2) is 0 Å². The number of hydrogen-bond acceptors (Lipinski definition) is 2. The second kappa shape index (κ2) is 3.85. The molecule has 0 N–H and O–H groups in total. The van der Waals surface area contributed by atoms with Crippen LogP contribution < -0.4 is 0 Å². The number of hydrogen-bond donors (Lipinski definition) is 0. The van der Waals surface area contributed by atoms with Crippen LogP contribution in [0, 0.1) is 0 Å². The first-order valence-electron chi connectivity index (χ1n) is 3.90. The Morgan fingerprint density at radius 2 is 2.42 bits per heavy atom. The van der Waals surface area contributed by atoms with Crippen molar-refractivity contribution in [3.63, 3.8) is 0 Å². The Morgan fingerprint density at radius 3 is 2.92 bits per heavy atom. The standard InChI is InChI=1S/C8H12F2O2/c1-2-4-11-5-3-8(10)6-7(9)12-8/h2,4,7H,3,5-6H2,1H3. The smallest absolute Gasteiger partial charge is 0.220 e. The van der Waals surface area contributed by atoms with Crippen LogP contribution in [0.4, 0.5) is 8.78 Å². The molecular formula is C8H12F2O2. The first kappa shape index (κ1) is 9.45. The van der Waals surface area contributed by atoms with Crippen molar-refractivity contribution >= 4 is 0 Å². The van der Waals surface area contributed by atoms with E-state index in [4.69, 9.17) is 4.74 Å². The Hall–Kier alpha value is -0.640. The summed E-state index contributed by atoms with van der Waals surface area (Å²) in [6, 6.07) is 0. The number of rotatable bonds is 4. The van der Waals surface area contributed by atoms with Gasteiger partial charge in [0, 0.05) is 6.42 Å². The summed E-state index contributed by atoms with van der Waals surface area (Å²) >= 11 is 0. The fourth-order valence-electron chi connectivity index (χ4n) is 0.996. The van der Waals surface area contributed by atoms with E-state index in [2.05, 4.69) is 4.74 Å². The normalized spacial score (nSPS) is 35.1. The molecule has 1 fully saturated rings. The van der Waals surface area contributed by atoms with E-state index in [-0.39, 0.29) is 19.4 Å². The van der Waals surface area contributed by atoms with E-state index < -0.39 is 12.2 Å². The molecule has 2 atom stereocenters. The van der Waals surface area contributed by atoms with Crippen molar-refractivity contribution < 1.29 is 18.3 Å². The van der Waals surface area contributed by atoms with Gasteiger partial charge in [-0.1, -0.05) is 6.08 Å². The fraction of sp³-hybridized carbons (Fsp3) is 0.750. The second-order valence-corrected chi connectivity index (χ2v) is 2.71. The van der Waals surface area contributed by atoms with E-state index in [9.17, 15) is 8.78 Å².